The first kappa shape index (κ1) is 11.2. The topological polar surface area (TPSA) is 54.2 Å². The summed E-state index contributed by atoms with van der Waals surface area (Å²) in [4.78, 5) is 6.56. The van der Waals surface area contributed by atoms with Crippen LogP contribution < -0.4 is 11.1 Å². The minimum atomic E-state index is 0.541. The summed E-state index contributed by atoms with van der Waals surface area (Å²) in [5.41, 5.74) is 6.62. The van der Waals surface area contributed by atoms with E-state index >= 15 is 0 Å². The zero-order valence-electron chi connectivity index (χ0n) is 9.82. The quantitative estimate of drug-likeness (QED) is 0.811. The summed E-state index contributed by atoms with van der Waals surface area (Å²) in [5.74, 6) is 0.573. The lowest BCUT2D eigenvalue weighted by Gasteiger charge is -2.32. The van der Waals surface area contributed by atoms with Gasteiger partial charge in [0.05, 0.1) is 11.9 Å². The van der Waals surface area contributed by atoms with E-state index in [0.717, 1.165) is 18.8 Å². The molecule has 16 heavy (non-hydrogen) atoms. The van der Waals surface area contributed by atoms with Gasteiger partial charge < -0.3 is 16.0 Å². The number of piperidine rings is 1. The molecule has 0 aromatic carbocycles. The van der Waals surface area contributed by atoms with Crippen LogP contribution in [0.1, 0.15) is 19.8 Å². The van der Waals surface area contributed by atoms with Crippen molar-refractivity contribution in [3.63, 3.8) is 0 Å². The third-order valence-corrected chi connectivity index (χ3v) is 3.11. The molecule has 1 unspecified atom stereocenters. The van der Waals surface area contributed by atoms with Crippen molar-refractivity contribution in [1.29, 1.82) is 0 Å². The number of nitrogens with zero attached hydrogens (tertiary/aromatic N) is 2. The van der Waals surface area contributed by atoms with Crippen LogP contribution in [-0.4, -0.2) is 35.6 Å². The summed E-state index contributed by atoms with van der Waals surface area (Å²) in [6.45, 7) is 5.71. The average Bonchev–Trinajstić information content (AvgIpc) is 2.32. The second-order valence-corrected chi connectivity index (χ2v) is 4.35. The van der Waals surface area contributed by atoms with Gasteiger partial charge in [0.2, 0.25) is 0 Å². The van der Waals surface area contributed by atoms with Gasteiger partial charge in [0.15, 0.2) is 0 Å². The molecule has 1 saturated heterocycles. The number of likely N-dealkylation sites (N-methyl/N-ethyl adjacent to an activating group) is 1. The van der Waals surface area contributed by atoms with Crippen LogP contribution in [0.25, 0.3) is 0 Å². The van der Waals surface area contributed by atoms with Crippen molar-refractivity contribution in [3.8, 4) is 0 Å². The predicted molar refractivity (Wildman–Crippen MR) is 67.4 cm³/mol. The fraction of sp³-hybridized carbons (Fsp3) is 0.583. The van der Waals surface area contributed by atoms with Crippen molar-refractivity contribution in [1.82, 2.24) is 9.88 Å². The molecular weight excluding hydrogens is 200 g/mol. The van der Waals surface area contributed by atoms with E-state index in [0.29, 0.717) is 11.9 Å². The Labute approximate surface area is 96.8 Å². The van der Waals surface area contributed by atoms with Crippen LogP contribution in [0.5, 0.6) is 0 Å². The van der Waals surface area contributed by atoms with Crippen molar-refractivity contribution in [2.45, 2.75) is 25.8 Å². The summed E-state index contributed by atoms with van der Waals surface area (Å²) >= 11 is 0. The normalized spacial score (nSPS) is 21.9. The molecule has 0 radical (unpaired) electrons. The number of hydrogen-bond acceptors (Lipinski definition) is 4. The molecular formula is C12H20N4. The Hall–Kier alpha value is -1.29. The van der Waals surface area contributed by atoms with Gasteiger partial charge in [-0.25, -0.2) is 4.98 Å². The number of pyridine rings is 1. The average molecular weight is 220 g/mol. The number of anilines is 2. The molecule has 88 valence electrons. The summed E-state index contributed by atoms with van der Waals surface area (Å²) in [6, 6.07) is 4.37. The maximum absolute atomic E-state index is 5.56. The first-order chi connectivity index (χ1) is 7.78. The zero-order valence-corrected chi connectivity index (χ0v) is 9.82. The fourth-order valence-electron chi connectivity index (χ4n) is 2.19. The summed E-state index contributed by atoms with van der Waals surface area (Å²) in [7, 11) is 0. The molecule has 4 heteroatoms. The van der Waals surface area contributed by atoms with E-state index in [2.05, 4.69) is 22.1 Å². The Morgan fingerprint density at radius 1 is 1.56 bits per heavy atom. The molecule has 4 nitrogen and oxygen atoms in total. The van der Waals surface area contributed by atoms with Crippen LogP contribution in [0, 0.1) is 0 Å². The number of hydrogen-bond donors (Lipinski definition) is 2. The second kappa shape index (κ2) is 5.16. The van der Waals surface area contributed by atoms with Crippen molar-refractivity contribution in [3.05, 3.63) is 18.3 Å². The maximum Gasteiger partial charge on any atom is 0.123 e. The molecule has 1 atom stereocenters. The molecule has 2 heterocycles. The van der Waals surface area contributed by atoms with Gasteiger partial charge in [-0.15, -0.1) is 0 Å². The maximum atomic E-state index is 5.56. The monoisotopic (exact) mass is 220 g/mol. The van der Waals surface area contributed by atoms with E-state index < -0.39 is 0 Å². The zero-order chi connectivity index (χ0) is 11.4. The number of nitrogens with two attached hydrogens (primary N) is 1. The minimum Gasteiger partial charge on any atom is -0.384 e. The molecule has 1 aliphatic rings. The molecule has 0 spiro atoms. The van der Waals surface area contributed by atoms with Crippen molar-refractivity contribution in [2.24, 2.45) is 0 Å². The molecule has 0 amide bonds. The van der Waals surface area contributed by atoms with Crippen LogP contribution in [0.3, 0.4) is 0 Å². The largest absolute Gasteiger partial charge is 0.384 e. The SMILES string of the molecule is CCN1CCCC(Nc2ccc(N)nc2)C1. The van der Waals surface area contributed by atoms with Gasteiger partial charge in [-0.1, -0.05) is 6.92 Å². The molecule has 1 aromatic heterocycles. The van der Waals surface area contributed by atoms with Gasteiger partial charge in [-0.2, -0.15) is 0 Å². The van der Waals surface area contributed by atoms with E-state index in [9.17, 15) is 0 Å². The van der Waals surface area contributed by atoms with Crippen LogP contribution in [0.4, 0.5) is 11.5 Å². The Balaban J connectivity index is 1.91. The number of likely N-dealkylation sites (tertiary alicyclic amines) is 1. The van der Waals surface area contributed by atoms with Gasteiger partial charge in [-0.05, 0) is 38.1 Å². The lowest BCUT2D eigenvalue weighted by atomic mass is 10.1. The van der Waals surface area contributed by atoms with E-state index in [1.807, 2.05) is 12.1 Å². The standard InChI is InChI=1S/C12H20N4/c1-2-16-7-3-4-11(9-16)15-10-5-6-12(13)14-8-10/h5-6,8,11,15H,2-4,7,9H2,1H3,(H2,13,14). The van der Waals surface area contributed by atoms with Crippen LogP contribution in [-0.2, 0) is 0 Å². The van der Waals surface area contributed by atoms with Crippen molar-refractivity contribution >= 4 is 11.5 Å². The van der Waals surface area contributed by atoms with Crippen molar-refractivity contribution < 1.29 is 0 Å². The van der Waals surface area contributed by atoms with Gasteiger partial charge >= 0.3 is 0 Å². The van der Waals surface area contributed by atoms with E-state index in [-0.39, 0.29) is 0 Å². The second-order valence-electron chi connectivity index (χ2n) is 4.35. The fourth-order valence-corrected chi connectivity index (χ4v) is 2.19. The highest BCUT2D eigenvalue weighted by atomic mass is 15.2. The highest BCUT2D eigenvalue weighted by molar-refractivity contribution is 5.46. The van der Waals surface area contributed by atoms with Crippen LogP contribution in [0.15, 0.2) is 18.3 Å². The van der Waals surface area contributed by atoms with Gasteiger partial charge in [-0.3, -0.25) is 0 Å². The summed E-state index contributed by atoms with van der Waals surface area (Å²) in [5, 5.41) is 3.51. The Morgan fingerprint density at radius 3 is 3.12 bits per heavy atom. The Kier molecular flexibility index (Phi) is 3.62. The Morgan fingerprint density at radius 2 is 2.44 bits per heavy atom. The highest BCUT2D eigenvalue weighted by Gasteiger charge is 2.18. The minimum absolute atomic E-state index is 0.541. The summed E-state index contributed by atoms with van der Waals surface area (Å²) < 4.78 is 0. The first-order valence-electron chi connectivity index (χ1n) is 5.98. The molecule has 1 aliphatic heterocycles. The number of rotatable bonds is 3. The Bertz CT molecular complexity index is 322. The highest BCUT2D eigenvalue weighted by Crippen LogP contribution is 2.15. The lowest BCUT2D eigenvalue weighted by molar-refractivity contribution is 0.227. The lowest BCUT2D eigenvalue weighted by Crippen LogP contribution is -2.41. The van der Waals surface area contributed by atoms with Gasteiger partial charge in [0.25, 0.3) is 0 Å². The van der Waals surface area contributed by atoms with Crippen LogP contribution in [0.2, 0.25) is 0 Å². The molecule has 0 aliphatic carbocycles. The third-order valence-electron chi connectivity index (χ3n) is 3.11. The van der Waals surface area contributed by atoms with Gasteiger partial charge in [0.1, 0.15) is 5.82 Å². The molecule has 1 fully saturated rings. The van der Waals surface area contributed by atoms with E-state index in [1.165, 1.54) is 19.4 Å². The van der Waals surface area contributed by atoms with Crippen molar-refractivity contribution in [2.75, 3.05) is 30.7 Å². The van der Waals surface area contributed by atoms with Gasteiger partial charge in [0, 0.05) is 12.6 Å². The molecule has 1 aromatic rings. The van der Waals surface area contributed by atoms with Crippen LogP contribution >= 0.6 is 0 Å². The summed E-state index contributed by atoms with van der Waals surface area (Å²) in [6.07, 6.45) is 4.31. The number of nitrogens with one attached hydrogen (secondary N) is 1. The third kappa shape index (κ3) is 2.85. The first-order valence-corrected chi connectivity index (χ1v) is 5.98. The van der Waals surface area contributed by atoms with E-state index in [4.69, 9.17) is 5.73 Å². The molecule has 3 N–H and O–H groups in total. The predicted octanol–water partition coefficient (Wildman–Crippen LogP) is 1.56. The number of nitrogen functional groups attached to an aromatic ring is 1. The van der Waals surface area contributed by atoms with E-state index in [1.54, 1.807) is 6.20 Å². The smallest absolute Gasteiger partial charge is 0.123 e. The molecule has 0 saturated carbocycles. The molecule has 0 bridgehead atoms. The molecule has 2 rings (SSSR count). The number of aromatic nitrogens is 1.